The van der Waals surface area contributed by atoms with E-state index in [1.165, 1.54) is 48.7 Å². The van der Waals surface area contributed by atoms with E-state index in [1.807, 2.05) is 0 Å². The number of non-ortho nitro benzene ring substituents is 1. The lowest BCUT2D eigenvalue weighted by molar-refractivity contribution is -0.384. The standard InChI is InChI=1S/C30H17Br2ClN4O6S/c31-19-5-1-17(2-6-19)30(40)43-24-12-7-20(32)13-18(24)15-34-36-28(38)16-3-8-21(9-4-16)35-29(39)27-26(33)23-11-10-22(37(41)42)14-25(23)44-27/h1-15H,(H,35,39)(H,36,38)/b34-15-. The van der Waals surface area contributed by atoms with Crippen molar-refractivity contribution in [3.05, 3.63) is 131 Å². The minimum Gasteiger partial charge on any atom is -0.422 e. The maximum absolute atomic E-state index is 12.9. The number of anilines is 1. The van der Waals surface area contributed by atoms with Crippen molar-refractivity contribution in [1.29, 1.82) is 0 Å². The Morgan fingerprint density at radius 2 is 1.57 bits per heavy atom. The summed E-state index contributed by atoms with van der Waals surface area (Å²) in [5, 5.41) is 18.5. The highest BCUT2D eigenvalue weighted by atomic mass is 79.9. The van der Waals surface area contributed by atoms with Crippen LogP contribution in [0.3, 0.4) is 0 Å². The van der Waals surface area contributed by atoms with E-state index in [9.17, 15) is 24.5 Å². The summed E-state index contributed by atoms with van der Waals surface area (Å²) < 4.78 is 7.59. The summed E-state index contributed by atoms with van der Waals surface area (Å²) >= 11 is 14.1. The molecular weight excluding hydrogens is 740 g/mol. The first-order valence-electron chi connectivity index (χ1n) is 12.5. The molecule has 2 amide bonds. The molecule has 44 heavy (non-hydrogen) atoms. The Morgan fingerprint density at radius 3 is 2.27 bits per heavy atom. The fourth-order valence-electron chi connectivity index (χ4n) is 3.89. The molecule has 0 aliphatic heterocycles. The summed E-state index contributed by atoms with van der Waals surface area (Å²) in [6, 6.07) is 22.0. The predicted molar refractivity (Wildman–Crippen MR) is 176 cm³/mol. The van der Waals surface area contributed by atoms with E-state index in [-0.39, 0.29) is 26.9 Å². The number of esters is 1. The van der Waals surface area contributed by atoms with Crippen molar-refractivity contribution < 1.29 is 24.0 Å². The Bertz CT molecular complexity index is 1960. The number of hydrogen-bond donors (Lipinski definition) is 2. The SMILES string of the molecule is O=C(N/N=C\c1cc(Br)ccc1OC(=O)c1ccc(Br)cc1)c1ccc(NC(=O)c2sc3cc([N+](=O)[O-])ccc3c2Cl)cc1. The lowest BCUT2D eigenvalue weighted by atomic mass is 10.2. The van der Waals surface area contributed by atoms with Gasteiger partial charge in [0.15, 0.2) is 0 Å². The molecule has 0 radical (unpaired) electrons. The Balaban J connectivity index is 1.22. The van der Waals surface area contributed by atoms with Crippen molar-refractivity contribution in [2.75, 3.05) is 5.32 Å². The summed E-state index contributed by atoms with van der Waals surface area (Å²) in [6.45, 7) is 0. The third kappa shape index (κ3) is 7.19. The Kier molecular flexibility index (Phi) is 9.49. The summed E-state index contributed by atoms with van der Waals surface area (Å²) in [5.74, 6) is -1.32. The van der Waals surface area contributed by atoms with Gasteiger partial charge in [0, 0.05) is 48.0 Å². The average molecular weight is 757 g/mol. The molecule has 0 saturated carbocycles. The number of fused-ring (bicyclic) bond motifs is 1. The van der Waals surface area contributed by atoms with Crippen LogP contribution in [0.15, 0.2) is 99.0 Å². The van der Waals surface area contributed by atoms with Crippen LogP contribution in [-0.4, -0.2) is 28.9 Å². The van der Waals surface area contributed by atoms with Crippen LogP contribution < -0.4 is 15.5 Å². The van der Waals surface area contributed by atoms with Crippen LogP contribution in [-0.2, 0) is 0 Å². The van der Waals surface area contributed by atoms with Gasteiger partial charge in [-0.25, -0.2) is 10.2 Å². The Morgan fingerprint density at radius 1 is 0.886 bits per heavy atom. The average Bonchev–Trinajstić information content (AvgIpc) is 3.34. The topological polar surface area (TPSA) is 140 Å². The van der Waals surface area contributed by atoms with Crippen molar-refractivity contribution >= 4 is 100 Å². The quantitative estimate of drug-likeness (QED) is 0.0538. The number of nitrogens with one attached hydrogen (secondary N) is 2. The molecule has 220 valence electrons. The second-order valence-corrected chi connectivity index (χ2v) is 12.3. The normalized spacial score (nSPS) is 11.0. The fourth-order valence-corrected chi connectivity index (χ4v) is 5.98. The molecule has 0 aliphatic carbocycles. The summed E-state index contributed by atoms with van der Waals surface area (Å²) in [6.07, 6.45) is 1.35. The second-order valence-electron chi connectivity index (χ2n) is 8.99. The van der Waals surface area contributed by atoms with Gasteiger partial charge in [0.05, 0.1) is 21.7 Å². The van der Waals surface area contributed by atoms with Gasteiger partial charge in [-0.15, -0.1) is 11.3 Å². The molecule has 0 fully saturated rings. The summed E-state index contributed by atoms with van der Waals surface area (Å²) in [5.41, 5.74) is 3.80. The summed E-state index contributed by atoms with van der Waals surface area (Å²) in [4.78, 5) is 48.9. The predicted octanol–water partition coefficient (Wildman–Crippen LogP) is 8.22. The zero-order valence-electron chi connectivity index (χ0n) is 22.0. The number of thiophene rings is 1. The molecule has 0 aliphatic rings. The monoisotopic (exact) mass is 754 g/mol. The Labute approximate surface area is 275 Å². The fraction of sp³-hybridized carbons (Fsp3) is 0. The molecule has 1 heterocycles. The highest BCUT2D eigenvalue weighted by Crippen LogP contribution is 2.37. The van der Waals surface area contributed by atoms with Gasteiger partial charge in [-0.2, -0.15) is 5.10 Å². The minimum absolute atomic E-state index is 0.0993. The number of benzene rings is 4. The third-order valence-corrected chi connectivity index (χ3v) is 8.74. The van der Waals surface area contributed by atoms with Crippen molar-refractivity contribution in [3.8, 4) is 5.75 Å². The molecule has 0 spiro atoms. The number of nitrogens with zero attached hydrogens (tertiary/aromatic N) is 2. The molecule has 5 aromatic rings. The first kappa shape index (κ1) is 31.0. The van der Waals surface area contributed by atoms with Gasteiger partial charge in [-0.1, -0.05) is 43.5 Å². The molecule has 0 saturated heterocycles. The van der Waals surface area contributed by atoms with E-state index >= 15 is 0 Å². The number of amides is 2. The molecule has 0 atom stereocenters. The molecule has 1 aromatic heterocycles. The number of nitro groups is 1. The minimum atomic E-state index is -0.552. The van der Waals surface area contributed by atoms with Gasteiger partial charge < -0.3 is 10.1 Å². The molecule has 10 nitrogen and oxygen atoms in total. The zero-order chi connectivity index (χ0) is 31.4. The number of carbonyl (C=O) groups excluding carboxylic acids is 3. The highest BCUT2D eigenvalue weighted by molar-refractivity contribution is 9.10. The molecule has 0 unspecified atom stereocenters. The first-order chi connectivity index (χ1) is 21.1. The van der Waals surface area contributed by atoms with Crippen molar-refractivity contribution in [1.82, 2.24) is 5.43 Å². The van der Waals surface area contributed by atoms with E-state index in [0.717, 1.165) is 15.8 Å². The van der Waals surface area contributed by atoms with E-state index in [2.05, 4.69) is 47.7 Å². The smallest absolute Gasteiger partial charge is 0.343 e. The van der Waals surface area contributed by atoms with Crippen LogP contribution >= 0.6 is 54.8 Å². The lowest BCUT2D eigenvalue weighted by Gasteiger charge is -2.08. The van der Waals surface area contributed by atoms with Gasteiger partial charge in [0.1, 0.15) is 10.6 Å². The van der Waals surface area contributed by atoms with Crippen molar-refractivity contribution in [3.63, 3.8) is 0 Å². The van der Waals surface area contributed by atoms with Crippen LogP contribution in [0, 0.1) is 10.1 Å². The number of halogens is 3. The number of rotatable bonds is 8. The maximum atomic E-state index is 12.9. The molecular formula is C30H17Br2ClN4O6S. The van der Waals surface area contributed by atoms with E-state index in [0.29, 0.717) is 31.4 Å². The van der Waals surface area contributed by atoms with E-state index < -0.39 is 22.7 Å². The maximum Gasteiger partial charge on any atom is 0.343 e. The third-order valence-electron chi connectivity index (χ3n) is 6.06. The van der Waals surface area contributed by atoms with Crippen LogP contribution in [0.5, 0.6) is 5.75 Å². The van der Waals surface area contributed by atoms with E-state index in [1.54, 1.807) is 42.5 Å². The molecule has 2 N–H and O–H groups in total. The largest absolute Gasteiger partial charge is 0.422 e. The molecule has 0 bridgehead atoms. The van der Waals surface area contributed by atoms with Gasteiger partial charge in [-0.3, -0.25) is 19.7 Å². The van der Waals surface area contributed by atoms with Crippen LogP contribution in [0.4, 0.5) is 11.4 Å². The van der Waals surface area contributed by atoms with Gasteiger partial charge in [0.25, 0.3) is 17.5 Å². The number of hydrazone groups is 1. The van der Waals surface area contributed by atoms with Crippen LogP contribution in [0.2, 0.25) is 5.02 Å². The van der Waals surface area contributed by atoms with Crippen molar-refractivity contribution in [2.24, 2.45) is 5.10 Å². The molecule has 5 rings (SSSR count). The van der Waals surface area contributed by atoms with Gasteiger partial charge in [-0.05, 0) is 72.8 Å². The van der Waals surface area contributed by atoms with Crippen molar-refractivity contribution in [2.45, 2.75) is 0 Å². The number of hydrogen-bond acceptors (Lipinski definition) is 8. The van der Waals surface area contributed by atoms with Crippen LogP contribution in [0.1, 0.15) is 36.0 Å². The number of carbonyl (C=O) groups is 3. The van der Waals surface area contributed by atoms with E-state index in [4.69, 9.17) is 16.3 Å². The lowest BCUT2D eigenvalue weighted by Crippen LogP contribution is -2.18. The highest BCUT2D eigenvalue weighted by Gasteiger charge is 2.20. The molecule has 14 heteroatoms. The van der Waals surface area contributed by atoms with Crippen LogP contribution in [0.25, 0.3) is 10.1 Å². The zero-order valence-corrected chi connectivity index (χ0v) is 26.8. The second kappa shape index (κ2) is 13.5. The summed E-state index contributed by atoms with van der Waals surface area (Å²) in [7, 11) is 0. The van der Waals surface area contributed by atoms with Gasteiger partial charge >= 0.3 is 5.97 Å². The molecule has 4 aromatic carbocycles. The first-order valence-corrected chi connectivity index (χ1v) is 15.3. The van der Waals surface area contributed by atoms with Gasteiger partial charge in [0.2, 0.25) is 0 Å². The Hall–Kier alpha value is -4.43. The number of ether oxygens (including phenoxy) is 1. The number of nitro benzene ring substituents is 1.